The lowest BCUT2D eigenvalue weighted by atomic mass is 9.75. The standard InChI is InChI=1S/C18H16BrF2NO3/c19-12-6-7-15-13(8-12)14(18(20,21)10-23)9-17(25-15,16(22)24)11-4-2-1-3-5-11/h1-8,14,23H,9-10H2,(H2,22,24). The summed E-state index contributed by atoms with van der Waals surface area (Å²) in [5.41, 5.74) is 4.48. The summed E-state index contributed by atoms with van der Waals surface area (Å²) in [5.74, 6) is -5.57. The molecule has 0 aliphatic carbocycles. The summed E-state index contributed by atoms with van der Waals surface area (Å²) in [5, 5.41) is 9.20. The number of fused-ring (bicyclic) bond motifs is 1. The number of ether oxygens (including phenoxy) is 1. The summed E-state index contributed by atoms with van der Waals surface area (Å²) < 4.78 is 35.5. The highest BCUT2D eigenvalue weighted by Crippen LogP contribution is 2.51. The molecule has 1 aliphatic heterocycles. The summed E-state index contributed by atoms with van der Waals surface area (Å²) in [6.45, 7) is -1.34. The number of alkyl halides is 2. The Kier molecular flexibility index (Phi) is 4.55. The summed E-state index contributed by atoms with van der Waals surface area (Å²) in [4.78, 5) is 12.3. The second-order valence-electron chi connectivity index (χ2n) is 6.02. The van der Waals surface area contributed by atoms with Crippen LogP contribution in [0.2, 0.25) is 0 Å². The normalized spacial score (nSPS) is 22.8. The highest BCUT2D eigenvalue weighted by atomic mass is 79.9. The van der Waals surface area contributed by atoms with Gasteiger partial charge in [-0.1, -0.05) is 46.3 Å². The first-order valence-electron chi connectivity index (χ1n) is 7.63. The van der Waals surface area contributed by atoms with Crippen LogP contribution < -0.4 is 10.5 Å². The molecule has 132 valence electrons. The molecule has 0 bridgehead atoms. The van der Waals surface area contributed by atoms with Gasteiger partial charge < -0.3 is 15.6 Å². The van der Waals surface area contributed by atoms with E-state index in [2.05, 4.69) is 15.9 Å². The molecule has 0 aromatic heterocycles. The van der Waals surface area contributed by atoms with Crippen molar-refractivity contribution in [1.29, 1.82) is 0 Å². The highest BCUT2D eigenvalue weighted by molar-refractivity contribution is 9.10. The summed E-state index contributed by atoms with van der Waals surface area (Å²) in [7, 11) is 0. The van der Waals surface area contributed by atoms with Gasteiger partial charge in [0.25, 0.3) is 11.8 Å². The predicted molar refractivity (Wildman–Crippen MR) is 91.5 cm³/mol. The van der Waals surface area contributed by atoms with Crippen molar-refractivity contribution >= 4 is 21.8 Å². The van der Waals surface area contributed by atoms with Gasteiger partial charge in [0.1, 0.15) is 12.4 Å². The molecule has 2 aromatic rings. The van der Waals surface area contributed by atoms with Crippen LogP contribution >= 0.6 is 15.9 Å². The van der Waals surface area contributed by atoms with Crippen molar-refractivity contribution in [2.45, 2.75) is 23.9 Å². The monoisotopic (exact) mass is 411 g/mol. The quantitative estimate of drug-likeness (QED) is 0.810. The van der Waals surface area contributed by atoms with Crippen molar-refractivity contribution in [3.63, 3.8) is 0 Å². The lowest BCUT2D eigenvalue weighted by Gasteiger charge is -2.42. The van der Waals surface area contributed by atoms with Gasteiger partial charge in [0.2, 0.25) is 5.60 Å². The van der Waals surface area contributed by atoms with Gasteiger partial charge in [-0.3, -0.25) is 4.79 Å². The molecule has 2 aromatic carbocycles. The van der Waals surface area contributed by atoms with Gasteiger partial charge in [-0.25, -0.2) is 8.78 Å². The molecule has 0 radical (unpaired) electrons. The minimum Gasteiger partial charge on any atom is -0.472 e. The molecule has 0 saturated carbocycles. The van der Waals surface area contributed by atoms with E-state index in [1.54, 1.807) is 36.4 Å². The largest absolute Gasteiger partial charge is 0.472 e. The van der Waals surface area contributed by atoms with Gasteiger partial charge in [0, 0.05) is 22.0 Å². The van der Waals surface area contributed by atoms with Crippen LogP contribution in [0.5, 0.6) is 5.75 Å². The molecule has 1 amide bonds. The number of nitrogens with two attached hydrogens (primary N) is 1. The van der Waals surface area contributed by atoms with Gasteiger partial charge in [0.05, 0.1) is 5.92 Å². The second kappa shape index (κ2) is 6.38. The number of aliphatic hydroxyl groups is 1. The van der Waals surface area contributed by atoms with E-state index in [1.807, 2.05) is 0 Å². The summed E-state index contributed by atoms with van der Waals surface area (Å²) >= 11 is 3.25. The zero-order valence-corrected chi connectivity index (χ0v) is 14.7. The molecular formula is C18H16BrF2NO3. The number of rotatable bonds is 4. The zero-order valence-electron chi connectivity index (χ0n) is 13.1. The van der Waals surface area contributed by atoms with E-state index in [4.69, 9.17) is 10.5 Å². The minimum atomic E-state index is -3.44. The Balaban J connectivity index is 2.21. The maximum atomic E-state index is 14.5. The lowest BCUT2D eigenvalue weighted by Crippen LogP contribution is -2.52. The third-order valence-electron chi connectivity index (χ3n) is 4.48. The molecule has 3 N–H and O–H groups in total. The minimum absolute atomic E-state index is 0.148. The van der Waals surface area contributed by atoms with E-state index in [1.165, 1.54) is 12.1 Å². The van der Waals surface area contributed by atoms with E-state index >= 15 is 0 Å². The van der Waals surface area contributed by atoms with Crippen molar-refractivity contribution in [3.05, 3.63) is 64.1 Å². The van der Waals surface area contributed by atoms with E-state index in [-0.39, 0.29) is 17.7 Å². The Labute approximate surface area is 151 Å². The zero-order chi connectivity index (χ0) is 18.2. The van der Waals surface area contributed by atoms with Crippen molar-refractivity contribution in [2.75, 3.05) is 6.61 Å². The number of carbonyl (C=O) groups is 1. The Hall–Kier alpha value is -1.99. The molecule has 4 nitrogen and oxygen atoms in total. The van der Waals surface area contributed by atoms with Crippen LogP contribution in [0.25, 0.3) is 0 Å². The van der Waals surface area contributed by atoms with Gasteiger partial charge in [-0.2, -0.15) is 0 Å². The number of carbonyl (C=O) groups excluding carboxylic acids is 1. The number of hydrogen-bond donors (Lipinski definition) is 2. The van der Waals surface area contributed by atoms with Crippen LogP contribution in [0.4, 0.5) is 8.78 Å². The van der Waals surface area contributed by atoms with E-state index in [0.29, 0.717) is 10.0 Å². The fourth-order valence-corrected chi connectivity index (χ4v) is 3.55. The first kappa shape index (κ1) is 17.8. The molecule has 2 atom stereocenters. The van der Waals surface area contributed by atoms with Crippen LogP contribution in [0.1, 0.15) is 23.5 Å². The highest BCUT2D eigenvalue weighted by Gasteiger charge is 2.54. The average molecular weight is 412 g/mol. The van der Waals surface area contributed by atoms with Gasteiger partial charge in [0.15, 0.2) is 0 Å². The van der Waals surface area contributed by atoms with Gasteiger partial charge in [-0.05, 0) is 18.2 Å². The Morgan fingerprint density at radius 1 is 1.32 bits per heavy atom. The molecule has 0 saturated heterocycles. The van der Waals surface area contributed by atoms with Crippen molar-refractivity contribution in [1.82, 2.24) is 0 Å². The fraction of sp³-hybridized carbons (Fsp3) is 0.278. The van der Waals surface area contributed by atoms with Gasteiger partial charge in [-0.15, -0.1) is 0 Å². The smallest absolute Gasteiger partial charge is 0.277 e. The SMILES string of the molecule is NC(=O)C1(c2ccccc2)CC(C(F)(F)CO)c2cc(Br)ccc2O1. The van der Waals surface area contributed by atoms with Crippen LogP contribution in [-0.4, -0.2) is 23.5 Å². The molecule has 3 rings (SSSR count). The molecule has 2 unspecified atom stereocenters. The van der Waals surface area contributed by atoms with Crippen molar-refractivity contribution in [2.24, 2.45) is 5.73 Å². The number of hydrogen-bond acceptors (Lipinski definition) is 3. The number of halogens is 3. The molecule has 7 heteroatoms. The van der Waals surface area contributed by atoms with Crippen LogP contribution in [0.15, 0.2) is 53.0 Å². The molecule has 1 aliphatic rings. The topological polar surface area (TPSA) is 72.6 Å². The third kappa shape index (κ3) is 3.02. The molecular weight excluding hydrogens is 396 g/mol. The van der Waals surface area contributed by atoms with Gasteiger partial charge >= 0.3 is 0 Å². The summed E-state index contributed by atoms with van der Waals surface area (Å²) in [6, 6.07) is 13.0. The molecule has 0 fully saturated rings. The number of amides is 1. The first-order valence-corrected chi connectivity index (χ1v) is 8.42. The average Bonchev–Trinajstić information content (AvgIpc) is 2.61. The third-order valence-corrected chi connectivity index (χ3v) is 4.98. The molecule has 1 heterocycles. The fourth-order valence-electron chi connectivity index (χ4n) is 3.18. The van der Waals surface area contributed by atoms with Crippen LogP contribution in [-0.2, 0) is 10.4 Å². The van der Waals surface area contributed by atoms with E-state index < -0.39 is 30.0 Å². The Morgan fingerprint density at radius 2 is 2.00 bits per heavy atom. The van der Waals surface area contributed by atoms with E-state index in [9.17, 15) is 18.7 Å². The Morgan fingerprint density at radius 3 is 2.60 bits per heavy atom. The number of primary amides is 1. The second-order valence-corrected chi connectivity index (χ2v) is 6.93. The predicted octanol–water partition coefficient (Wildman–Crippen LogP) is 3.32. The summed E-state index contributed by atoms with van der Waals surface area (Å²) in [6.07, 6.45) is -0.372. The number of aliphatic hydroxyl groups excluding tert-OH is 1. The molecule has 0 spiro atoms. The van der Waals surface area contributed by atoms with Crippen LogP contribution in [0, 0.1) is 0 Å². The first-order chi connectivity index (χ1) is 11.8. The molecule has 25 heavy (non-hydrogen) atoms. The lowest BCUT2D eigenvalue weighted by molar-refractivity contribution is -0.143. The van der Waals surface area contributed by atoms with E-state index in [0.717, 1.165) is 0 Å². The maximum Gasteiger partial charge on any atom is 0.277 e. The van der Waals surface area contributed by atoms with Crippen molar-refractivity contribution < 1.29 is 23.4 Å². The number of benzene rings is 2. The van der Waals surface area contributed by atoms with Crippen molar-refractivity contribution in [3.8, 4) is 5.75 Å². The van der Waals surface area contributed by atoms with Crippen LogP contribution in [0.3, 0.4) is 0 Å². The maximum absolute atomic E-state index is 14.5. The Bertz CT molecular complexity index is 800.